The van der Waals surface area contributed by atoms with Crippen molar-refractivity contribution < 1.29 is 4.92 Å². The van der Waals surface area contributed by atoms with Gasteiger partial charge < -0.3 is 5.32 Å². The molecule has 2 rings (SSSR count). The second kappa shape index (κ2) is 6.45. The number of nitro benzene ring substituents is 1. The zero-order chi connectivity index (χ0) is 15.6. The van der Waals surface area contributed by atoms with E-state index in [9.17, 15) is 10.1 Å². The average molecular weight is 370 g/mol. The van der Waals surface area contributed by atoms with Gasteiger partial charge in [0.15, 0.2) is 0 Å². The van der Waals surface area contributed by atoms with Gasteiger partial charge in [-0.05, 0) is 59.1 Å². The van der Waals surface area contributed by atoms with Crippen molar-refractivity contribution in [2.45, 2.75) is 20.4 Å². The first kappa shape index (κ1) is 15.8. The average Bonchev–Trinajstić information content (AvgIpc) is 2.41. The minimum absolute atomic E-state index is 0.125. The summed E-state index contributed by atoms with van der Waals surface area (Å²) in [6.07, 6.45) is 0. The van der Waals surface area contributed by atoms with Crippen LogP contribution >= 0.6 is 27.5 Å². The number of benzene rings is 2. The highest BCUT2D eigenvalue weighted by Gasteiger charge is 2.13. The molecule has 0 saturated heterocycles. The molecule has 0 spiro atoms. The summed E-state index contributed by atoms with van der Waals surface area (Å²) in [4.78, 5) is 10.6. The first-order valence-corrected chi connectivity index (χ1v) is 7.49. The van der Waals surface area contributed by atoms with Gasteiger partial charge in [0.2, 0.25) is 0 Å². The van der Waals surface area contributed by atoms with Gasteiger partial charge in [0.1, 0.15) is 0 Å². The molecule has 0 radical (unpaired) electrons. The number of nitrogens with one attached hydrogen (secondary N) is 1. The number of anilines is 1. The van der Waals surface area contributed by atoms with E-state index in [4.69, 9.17) is 11.6 Å². The van der Waals surface area contributed by atoms with Crippen molar-refractivity contribution in [3.63, 3.8) is 0 Å². The summed E-state index contributed by atoms with van der Waals surface area (Å²) in [7, 11) is 0. The second-order valence-corrected chi connectivity index (χ2v) is 6.07. The minimum Gasteiger partial charge on any atom is -0.381 e. The summed E-state index contributed by atoms with van der Waals surface area (Å²) in [6, 6.07) is 9.05. The fraction of sp³-hybridized carbons (Fsp3) is 0.200. The van der Waals surface area contributed by atoms with E-state index in [2.05, 4.69) is 21.2 Å². The molecule has 0 bridgehead atoms. The molecule has 0 saturated carbocycles. The van der Waals surface area contributed by atoms with E-state index in [1.807, 2.05) is 31.2 Å². The van der Waals surface area contributed by atoms with Crippen LogP contribution in [0.15, 0.2) is 34.8 Å². The van der Waals surface area contributed by atoms with E-state index in [1.165, 1.54) is 0 Å². The molecule has 1 N–H and O–H groups in total. The lowest BCUT2D eigenvalue weighted by Crippen LogP contribution is -2.03. The van der Waals surface area contributed by atoms with E-state index >= 15 is 0 Å². The fourth-order valence-electron chi connectivity index (χ4n) is 2.07. The lowest BCUT2D eigenvalue weighted by Gasteiger charge is -2.11. The number of rotatable bonds is 4. The van der Waals surface area contributed by atoms with Crippen LogP contribution in [0.4, 0.5) is 11.4 Å². The Hall–Kier alpha value is -1.59. The maximum Gasteiger partial charge on any atom is 0.274 e. The van der Waals surface area contributed by atoms with Crippen LogP contribution in [-0.4, -0.2) is 4.92 Å². The molecule has 21 heavy (non-hydrogen) atoms. The third-order valence-corrected chi connectivity index (χ3v) is 4.42. The van der Waals surface area contributed by atoms with E-state index in [-0.39, 0.29) is 10.6 Å². The summed E-state index contributed by atoms with van der Waals surface area (Å²) < 4.78 is 0.829. The van der Waals surface area contributed by atoms with Crippen molar-refractivity contribution in [2.24, 2.45) is 0 Å². The number of nitro groups is 1. The molecule has 0 heterocycles. The van der Waals surface area contributed by atoms with Crippen LogP contribution in [0.1, 0.15) is 16.7 Å². The number of halogens is 2. The molecule has 0 aromatic heterocycles. The smallest absolute Gasteiger partial charge is 0.274 e. The quantitative estimate of drug-likeness (QED) is 0.592. The van der Waals surface area contributed by atoms with Gasteiger partial charge in [-0.1, -0.05) is 17.7 Å². The third kappa shape index (κ3) is 3.74. The van der Waals surface area contributed by atoms with Crippen LogP contribution in [0.3, 0.4) is 0 Å². The number of hydrogen-bond acceptors (Lipinski definition) is 3. The molecule has 0 fully saturated rings. The lowest BCUT2D eigenvalue weighted by atomic mass is 10.1. The van der Waals surface area contributed by atoms with Gasteiger partial charge in [0, 0.05) is 28.3 Å². The Morgan fingerprint density at radius 3 is 2.57 bits per heavy atom. The summed E-state index contributed by atoms with van der Waals surface area (Å²) in [5.41, 5.74) is 3.57. The Balaban J connectivity index is 2.21. The Kier molecular flexibility index (Phi) is 4.85. The molecule has 4 nitrogen and oxygen atoms in total. The molecular formula is C15H14BrClN2O2. The Morgan fingerprint density at radius 1 is 1.24 bits per heavy atom. The van der Waals surface area contributed by atoms with Crippen LogP contribution < -0.4 is 5.32 Å². The van der Waals surface area contributed by atoms with Gasteiger partial charge in [-0.3, -0.25) is 10.1 Å². The highest BCUT2D eigenvalue weighted by Crippen LogP contribution is 2.27. The van der Waals surface area contributed by atoms with Crippen LogP contribution in [0.5, 0.6) is 0 Å². The Bertz CT molecular complexity index is 704. The second-order valence-electron chi connectivity index (χ2n) is 4.81. The number of aryl methyl sites for hydroxylation is 2. The van der Waals surface area contributed by atoms with Crippen LogP contribution in [-0.2, 0) is 6.54 Å². The Labute approximate surface area is 136 Å². The first-order chi connectivity index (χ1) is 9.88. The van der Waals surface area contributed by atoms with Gasteiger partial charge >= 0.3 is 0 Å². The van der Waals surface area contributed by atoms with Gasteiger partial charge in [0.25, 0.3) is 5.69 Å². The summed E-state index contributed by atoms with van der Waals surface area (Å²) in [5.74, 6) is 0. The Morgan fingerprint density at radius 2 is 1.95 bits per heavy atom. The van der Waals surface area contributed by atoms with Crippen molar-refractivity contribution in [1.82, 2.24) is 0 Å². The number of nitrogens with zero attached hydrogens (tertiary/aromatic N) is 1. The van der Waals surface area contributed by atoms with Gasteiger partial charge in [-0.2, -0.15) is 0 Å². The number of hydrogen-bond donors (Lipinski definition) is 1. The molecule has 110 valence electrons. The standard InChI is InChI=1S/C15H14BrClN2O2/c1-9-5-10(2)15(19(20)21)7-14(9)18-8-11-3-4-13(17)12(16)6-11/h3-7,18H,8H2,1-2H3. The van der Waals surface area contributed by atoms with Gasteiger partial charge in [-0.25, -0.2) is 0 Å². The van der Waals surface area contributed by atoms with Crippen molar-refractivity contribution in [1.29, 1.82) is 0 Å². The molecule has 0 amide bonds. The van der Waals surface area contributed by atoms with Gasteiger partial charge in [0.05, 0.1) is 9.95 Å². The predicted octanol–water partition coefficient (Wildman–Crippen LogP) is 5.24. The molecule has 6 heteroatoms. The van der Waals surface area contributed by atoms with E-state index in [0.717, 1.165) is 21.3 Å². The minimum atomic E-state index is -0.362. The molecule has 0 unspecified atom stereocenters. The zero-order valence-electron chi connectivity index (χ0n) is 11.6. The monoisotopic (exact) mass is 368 g/mol. The zero-order valence-corrected chi connectivity index (χ0v) is 14.0. The van der Waals surface area contributed by atoms with E-state index < -0.39 is 0 Å². The molecule has 0 aliphatic heterocycles. The van der Waals surface area contributed by atoms with Crippen LogP contribution in [0.2, 0.25) is 5.02 Å². The van der Waals surface area contributed by atoms with Crippen molar-refractivity contribution in [2.75, 3.05) is 5.32 Å². The lowest BCUT2D eigenvalue weighted by molar-refractivity contribution is -0.385. The third-order valence-electron chi connectivity index (χ3n) is 3.21. The fourth-order valence-corrected chi connectivity index (χ4v) is 2.62. The molecule has 2 aromatic rings. The predicted molar refractivity (Wildman–Crippen MR) is 89.0 cm³/mol. The SMILES string of the molecule is Cc1cc(C)c([N+](=O)[O-])cc1NCc1ccc(Cl)c(Br)c1. The largest absolute Gasteiger partial charge is 0.381 e. The first-order valence-electron chi connectivity index (χ1n) is 6.32. The molecule has 0 aliphatic rings. The van der Waals surface area contributed by atoms with E-state index in [0.29, 0.717) is 17.1 Å². The van der Waals surface area contributed by atoms with Crippen LogP contribution in [0, 0.1) is 24.0 Å². The molecule has 0 atom stereocenters. The summed E-state index contributed by atoms with van der Waals surface area (Å²) in [5, 5.41) is 14.9. The highest BCUT2D eigenvalue weighted by atomic mass is 79.9. The summed E-state index contributed by atoms with van der Waals surface area (Å²) >= 11 is 9.33. The summed E-state index contributed by atoms with van der Waals surface area (Å²) in [6.45, 7) is 4.24. The molecule has 0 aliphatic carbocycles. The van der Waals surface area contributed by atoms with Crippen molar-refractivity contribution in [3.8, 4) is 0 Å². The normalized spacial score (nSPS) is 10.5. The topological polar surface area (TPSA) is 55.2 Å². The van der Waals surface area contributed by atoms with Gasteiger partial charge in [-0.15, -0.1) is 0 Å². The van der Waals surface area contributed by atoms with Crippen LogP contribution in [0.25, 0.3) is 0 Å². The highest BCUT2D eigenvalue weighted by molar-refractivity contribution is 9.10. The maximum atomic E-state index is 11.0. The molecule has 2 aromatic carbocycles. The van der Waals surface area contributed by atoms with Crippen molar-refractivity contribution >= 4 is 38.9 Å². The molecular weight excluding hydrogens is 356 g/mol. The van der Waals surface area contributed by atoms with Crippen molar-refractivity contribution in [3.05, 3.63) is 66.6 Å². The van der Waals surface area contributed by atoms with E-state index in [1.54, 1.807) is 13.0 Å². The maximum absolute atomic E-state index is 11.0.